The van der Waals surface area contributed by atoms with E-state index in [0.29, 0.717) is 5.69 Å². The van der Waals surface area contributed by atoms with E-state index in [1.165, 1.54) is 4.90 Å². The van der Waals surface area contributed by atoms with E-state index >= 15 is 0 Å². The van der Waals surface area contributed by atoms with Gasteiger partial charge in [0.15, 0.2) is 0 Å². The molecule has 0 saturated heterocycles. The molecule has 1 aromatic carbocycles. The molecule has 0 aliphatic heterocycles. The van der Waals surface area contributed by atoms with Gasteiger partial charge in [-0.3, -0.25) is 4.79 Å². The first-order valence-electron chi connectivity index (χ1n) is 6.41. The summed E-state index contributed by atoms with van der Waals surface area (Å²) in [6.45, 7) is 3.81. The molecule has 1 unspecified atom stereocenters. The van der Waals surface area contributed by atoms with Crippen molar-refractivity contribution in [3.8, 4) is 0 Å². The summed E-state index contributed by atoms with van der Waals surface area (Å²) in [5.74, 6) is -0.535. The SMILES string of the molecule is CCSc1cccc(NC(=O)N(C)CC(C)C(=O)O)c1. The molecule has 5 nitrogen and oxygen atoms in total. The van der Waals surface area contributed by atoms with Gasteiger partial charge in [0.2, 0.25) is 0 Å². The Labute approximate surface area is 123 Å². The zero-order valence-corrected chi connectivity index (χ0v) is 12.7. The van der Waals surface area contributed by atoms with E-state index in [-0.39, 0.29) is 12.6 Å². The topological polar surface area (TPSA) is 69.6 Å². The first-order chi connectivity index (χ1) is 9.43. The zero-order chi connectivity index (χ0) is 15.1. The van der Waals surface area contributed by atoms with Gasteiger partial charge in [-0.05, 0) is 24.0 Å². The van der Waals surface area contributed by atoms with Crippen LogP contribution in [-0.4, -0.2) is 41.4 Å². The Kier molecular flexibility index (Phi) is 6.38. The molecular formula is C14H20N2O3S. The highest BCUT2D eigenvalue weighted by molar-refractivity contribution is 7.99. The summed E-state index contributed by atoms with van der Waals surface area (Å²) >= 11 is 1.70. The lowest BCUT2D eigenvalue weighted by atomic mass is 10.2. The molecule has 0 heterocycles. The van der Waals surface area contributed by atoms with Crippen molar-refractivity contribution in [2.75, 3.05) is 24.7 Å². The number of anilines is 1. The lowest BCUT2D eigenvalue weighted by Gasteiger charge is -2.20. The van der Waals surface area contributed by atoms with Crippen molar-refractivity contribution >= 4 is 29.4 Å². The van der Waals surface area contributed by atoms with Crippen molar-refractivity contribution in [1.82, 2.24) is 4.90 Å². The second-order valence-corrected chi connectivity index (χ2v) is 5.85. The summed E-state index contributed by atoms with van der Waals surface area (Å²) in [6, 6.07) is 7.27. The number of rotatable bonds is 6. The molecule has 20 heavy (non-hydrogen) atoms. The number of nitrogens with one attached hydrogen (secondary N) is 1. The first kappa shape index (κ1) is 16.4. The van der Waals surface area contributed by atoms with Crippen LogP contribution in [0.2, 0.25) is 0 Å². The van der Waals surface area contributed by atoms with Crippen LogP contribution in [0.5, 0.6) is 0 Å². The highest BCUT2D eigenvalue weighted by atomic mass is 32.2. The number of carboxylic acids is 1. The van der Waals surface area contributed by atoms with Crippen LogP contribution >= 0.6 is 11.8 Å². The summed E-state index contributed by atoms with van der Waals surface area (Å²) in [5, 5.41) is 11.6. The van der Waals surface area contributed by atoms with Gasteiger partial charge in [0.25, 0.3) is 0 Å². The molecule has 0 aromatic heterocycles. The number of amides is 2. The maximum absolute atomic E-state index is 12.0. The van der Waals surface area contributed by atoms with Gasteiger partial charge in [-0.2, -0.15) is 0 Å². The van der Waals surface area contributed by atoms with Gasteiger partial charge >= 0.3 is 12.0 Å². The summed E-state index contributed by atoms with van der Waals surface area (Å²) in [4.78, 5) is 25.2. The Balaban J connectivity index is 2.61. The van der Waals surface area contributed by atoms with Gasteiger partial charge in [-0.15, -0.1) is 11.8 Å². The second kappa shape index (κ2) is 7.79. The van der Waals surface area contributed by atoms with Gasteiger partial charge in [-0.25, -0.2) is 4.79 Å². The van der Waals surface area contributed by atoms with E-state index in [0.717, 1.165) is 10.6 Å². The smallest absolute Gasteiger partial charge is 0.321 e. The van der Waals surface area contributed by atoms with Crippen molar-refractivity contribution in [2.45, 2.75) is 18.7 Å². The number of carbonyl (C=O) groups is 2. The predicted molar refractivity (Wildman–Crippen MR) is 81.3 cm³/mol. The highest BCUT2D eigenvalue weighted by Crippen LogP contribution is 2.21. The van der Waals surface area contributed by atoms with Crippen LogP contribution in [0.3, 0.4) is 0 Å². The fourth-order valence-corrected chi connectivity index (χ4v) is 2.34. The maximum Gasteiger partial charge on any atom is 0.321 e. The van der Waals surface area contributed by atoms with E-state index in [2.05, 4.69) is 12.2 Å². The lowest BCUT2D eigenvalue weighted by Crippen LogP contribution is -2.36. The van der Waals surface area contributed by atoms with Crippen molar-refractivity contribution in [1.29, 1.82) is 0 Å². The molecular weight excluding hydrogens is 276 g/mol. The summed E-state index contributed by atoms with van der Waals surface area (Å²) < 4.78 is 0. The standard InChI is InChI=1S/C14H20N2O3S/c1-4-20-12-7-5-6-11(8-12)15-14(19)16(3)9-10(2)13(17)18/h5-8,10H,4,9H2,1-3H3,(H,15,19)(H,17,18). The molecule has 1 atom stereocenters. The number of hydrogen-bond donors (Lipinski definition) is 2. The van der Waals surface area contributed by atoms with Gasteiger partial charge < -0.3 is 15.3 Å². The fraction of sp³-hybridized carbons (Fsp3) is 0.429. The van der Waals surface area contributed by atoms with Crippen molar-refractivity contribution in [3.63, 3.8) is 0 Å². The number of carbonyl (C=O) groups excluding carboxylic acids is 1. The molecule has 1 aromatic rings. The number of benzene rings is 1. The summed E-state index contributed by atoms with van der Waals surface area (Å²) in [7, 11) is 1.58. The molecule has 2 N–H and O–H groups in total. The molecule has 0 fully saturated rings. The van der Waals surface area contributed by atoms with E-state index in [9.17, 15) is 9.59 Å². The normalized spacial score (nSPS) is 11.8. The van der Waals surface area contributed by atoms with Gasteiger partial charge in [0.1, 0.15) is 0 Å². The van der Waals surface area contributed by atoms with E-state index in [1.54, 1.807) is 25.7 Å². The van der Waals surface area contributed by atoms with Crippen LogP contribution in [0, 0.1) is 5.92 Å². The zero-order valence-electron chi connectivity index (χ0n) is 11.9. The molecule has 6 heteroatoms. The van der Waals surface area contributed by atoms with Crippen LogP contribution in [0.15, 0.2) is 29.2 Å². The fourth-order valence-electron chi connectivity index (χ4n) is 1.62. The number of aliphatic carboxylic acids is 1. The summed E-state index contributed by atoms with van der Waals surface area (Å²) in [6.07, 6.45) is 0. The molecule has 0 radical (unpaired) electrons. The average Bonchev–Trinajstić information content (AvgIpc) is 2.39. The number of nitrogens with zero attached hydrogens (tertiary/aromatic N) is 1. The monoisotopic (exact) mass is 296 g/mol. The number of thioether (sulfide) groups is 1. The first-order valence-corrected chi connectivity index (χ1v) is 7.40. The number of urea groups is 1. The van der Waals surface area contributed by atoms with E-state index in [4.69, 9.17) is 5.11 Å². The van der Waals surface area contributed by atoms with E-state index in [1.807, 2.05) is 24.3 Å². The third-order valence-electron chi connectivity index (χ3n) is 2.71. The molecule has 110 valence electrons. The number of carboxylic acid groups (broad SMARTS) is 1. The summed E-state index contributed by atoms with van der Waals surface area (Å²) in [5.41, 5.74) is 0.711. The van der Waals surface area contributed by atoms with Crippen LogP contribution < -0.4 is 5.32 Å². The Morgan fingerprint density at radius 1 is 1.45 bits per heavy atom. The average molecular weight is 296 g/mol. The Hall–Kier alpha value is -1.69. The lowest BCUT2D eigenvalue weighted by molar-refractivity contribution is -0.141. The van der Waals surface area contributed by atoms with Crippen LogP contribution in [0.4, 0.5) is 10.5 Å². The minimum Gasteiger partial charge on any atom is -0.481 e. The number of hydrogen-bond acceptors (Lipinski definition) is 3. The molecule has 0 aliphatic carbocycles. The Morgan fingerprint density at radius 3 is 2.75 bits per heavy atom. The van der Waals surface area contributed by atoms with E-state index < -0.39 is 11.9 Å². The molecule has 1 rings (SSSR count). The van der Waals surface area contributed by atoms with Crippen molar-refractivity contribution in [3.05, 3.63) is 24.3 Å². The highest BCUT2D eigenvalue weighted by Gasteiger charge is 2.17. The molecule has 0 saturated carbocycles. The Morgan fingerprint density at radius 2 is 2.15 bits per heavy atom. The minimum absolute atomic E-state index is 0.171. The van der Waals surface area contributed by atoms with Crippen molar-refractivity contribution < 1.29 is 14.7 Å². The molecule has 0 spiro atoms. The second-order valence-electron chi connectivity index (χ2n) is 4.51. The van der Waals surface area contributed by atoms with Crippen LogP contribution in [0.25, 0.3) is 0 Å². The van der Waals surface area contributed by atoms with Gasteiger partial charge in [-0.1, -0.05) is 19.9 Å². The quantitative estimate of drug-likeness (QED) is 0.792. The third kappa shape index (κ3) is 5.13. The molecule has 0 bridgehead atoms. The van der Waals surface area contributed by atoms with Gasteiger partial charge in [0, 0.05) is 24.2 Å². The predicted octanol–water partition coefficient (Wildman–Crippen LogP) is 2.98. The molecule has 2 amide bonds. The maximum atomic E-state index is 12.0. The van der Waals surface area contributed by atoms with Crippen LogP contribution in [-0.2, 0) is 4.79 Å². The van der Waals surface area contributed by atoms with Crippen LogP contribution in [0.1, 0.15) is 13.8 Å². The Bertz CT molecular complexity index is 479. The third-order valence-corrected chi connectivity index (χ3v) is 3.59. The van der Waals surface area contributed by atoms with Crippen molar-refractivity contribution in [2.24, 2.45) is 5.92 Å². The largest absolute Gasteiger partial charge is 0.481 e. The molecule has 0 aliphatic rings. The minimum atomic E-state index is -0.911. The van der Waals surface area contributed by atoms with Gasteiger partial charge in [0.05, 0.1) is 5.92 Å².